The van der Waals surface area contributed by atoms with Crippen LogP contribution in [-0.4, -0.2) is 54.0 Å². The van der Waals surface area contributed by atoms with Crippen LogP contribution >= 0.6 is 23.2 Å². The molecule has 1 aliphatic carbocycles. The quantitative estimate of drug-likeness (QED) is 0.724. The van der Waals surface area contributed by atoms with Crippen LogP contribution in [0.3, 0.4) is 0 Å². The minimum Gasteiger partial charge on any atom is -0.339 e. The molecule has 1 saturated carbocycles. The lowest BCUT2D eigenvalue weighted by Gasteiger charge is -2.35. The van der Waals surface area contributed by atoms with Gasteiger partial charge in [-0.15, -0.1) is 23.2 Å². The van der Waals surface area contributed by atoms with Crippen molar-refractivity contribution >= 4 is 39.1 Å². The molecule has 1 aromatic carbocycles. The van der Waals surface area contributed by atoms with Gasteiger partial charge in [-0.2, -0.15) is 9.57 Å². The van der Waals surface area contributed by atoms with Gasteiger partial charge in [0.05, 0.1) is 15.9 Å². The number of hydrogen-bond acceptors (Lipinski definition) is 4. The van der Waals surface area contributed by atoms with Crippen molar-refractivity contribution < 1.29 is 13.2 Å². The van der Waals surface area contributed by atoms with Gasteiger partial charge in [0.1, 0.15) is 10.4 Å². The summed E-state index contributed by atoms with van der Waals surface area (Å²) < 4.78 is 25.8. The zero-order valence-electron chi connectivity index (χ0n) is 13.6. The molecule has 1 atom stereocenters. The Bertz CT molecular complexity index is 858. The summed E-state index contributed by atoms with van der Waals surface area (Å²) in [6.45, 7) is 2.60. The minimum absolute atomic E-state index is 0.00744. The van der Waals surface area contributed by atoms with E-state index in [4.69, 9.17) is 28.5 Å². The van der Waals surface area contributed by atoms with Crippen LogP contribution in [0.4, 0.5) is 0 Å². The van der Waals surface area contributed by atoms with Crippen molar-refractivity contribution in [3.8, 4) is 6.07 Å². The number of carbonyl (C=O) groups excluding carboxylic acids is 1. The summed E-state index contributed by atoms with van der Waals surface area (Å²) in [6.07, 6.45) is 0.399. The van der Waals surface area contributed by atoms with E-state index < -0.39 is 19.8 Å². The first-order valence-electron chi connectivity index (χ1n) is 7.80. The topological polar surface area (TPSA) is 81.5 Å². The highest BCUT2D eigenvalue weighted by Crippen LogP contribution is 2.64. The van der Waals surface area contributed by atoms with E-state index in [1.807, 2.05) is 6.07 Å². The van der Waals surface area contributed by atoms with E-state index in [0.29, 0.717) is 6.42 Å². The molecule has 0 aromatic heterocycles. The molecule has 1 saturated heterocycles. The number of nitriles is 1. The van der Waals surface area contributed by atoms with Gasteiger partial charge < -0.3 is 4.90 Å². The second kappa shape index (κ2) is 6.13. The first kappa shape index (κ1) is 18.5. The SMILES string of the molecule is C[C@@]1(C(=O)N2CCN(S(=O)(=O)c3ccccc3C#N)CC2)CC1(Cl)Cl. The number of halogens is 2. The maximum Gasteiger partial charge on any atom is 0.244 e. The van der Waals surface area contributed by atoms with E-state index in [9.17, 15) is 13.2 Å². The number of carbonyl (C=O) groups is 1. The summed E-state index contributed by atoms with van der Waals surface area (Å²) in [7, 11) is -3.78. The molecule has 2 aliphatic rings. The molecule has 1 aliphatic heterocycles. The molecule has 25 heavy (non-hydrogen) atoms. The highest BCUT2D eigenvalue weighted by molar-refractivity contribution is 7.89. The van der Waals surface area contributed by atoms with Crippen LogP contribution in [0, 0.1) is 16.7 Å². The molecule has 134 valence electrons. The fraction of sp³-hybridized carbons (Fsp3) is 0.500. The van der Waals surface area contributed by atoms with Crippen LogP contribution in [0.25, 0.3) is 0 Å². The Morgan fingerprint density at radius 2 is 1.76 bits per heavy atom. The first-order chi connectivity index (χ1) is 11.6. The average Bonchev–Trinajstić information content (AvgIpc) is 3.13. The summed E-state index contributed by atoms with van der Waals surface area (Å²) in [5.74, 6) is -0.146. The monoisotopic (exact) mass is 401 g/mol. The van der Waals surface area contributed by atoms with E-state index in [-0.39, 0.29) is 42.5 Å². The molecule has 9 heteroatoms. The van der Waals surface area contributed by atoms with Crippen molar-refractivity contribution in [2.45, 2.75) is 22.6 Å². The molecule has 1 amide bonds. The Balaban J connectivity index is 1.72. The Morgan fingerprint density at radius 3 is 2.28 bits per heavy atom. The second-order valence-electron chi connectivity index (χ2n) is 6.52. The third-order valence-electron chi connectivity index (χ3n) is 4.88. The van der Waals surface area contributed by atoms with Gasteiger partial charge in [0.2, 0.25) is 15.9 Å². The maximum atomic E-state index is 12.8. The van der Waals surface area contributed by atoms with Gasteiger partial charge in [-0.25, -0.2) is 8.42 Å². The summed E-state index contributed by atoms with van der Waals surface area (Å²) in [5.41, 5.74) is -0.689. The molecule has 1 heterocycles. The molecule has 3 rings (SSSR count). The number of hydrogen-bond donors (Lipinski definition) is 0. The summed E-state index contributed by atoms with van der Waals surface area (Å²) >= 11 is 12.1. The molecule has 0 radical (unpaired) electrons. The van der Waals surface area contributed by atoms with Gasteiger partial charge in [0.25, 0.3) is 0 Å². The van der Waals surface area contributed by atoms with Crippen molar-refractivity contribution in [2.75, 3.05) is 26.2 Å². The van der Waals surface area contributed by atoms with E-state index in [2.05, 4.69) is 0 Å². The lowest BCUT2D eigenvalue weighted by molar-refractivity contribution is -0.137. The number of nitrogens with zero attached hydrogens (tertiary/aromatic N) is 3. The molecular weight excluding hydrogens is 385 g/mol. The fourth-order valence-electron chi connectivity index (χ4n) is 3.04. The highest BCUT2D eigenvalue weighted by atomic mass is 35.5. The molecule has 2 fully saturated rings. The Labute approximate surface area is 157 Å². The number of rotatable bonds is 3. The standard InChI is InChI=1S/C16H17Cl2N3O3S/c1-15(11-16(15,17)18)14(22)20-6-8-21(9-7-20)25(23,24)13-5-3-2-4-12(13)10-19/h2-5H,6-9,11H2,1H3/t15-/m0/s1. The lowest BCUT2D eigenvalue weighted by Crippen LogP contribution is -2.52. The van der Waals surface area contributed by atoms with E-state index >= 15 is 0 Å². The van der Waals surface area contributed by atoms with Crippen molar-refractivity contribution in [2.24, 2.45) is 5.41 Å². The number of piperazine rings is 1. The van der Waals surface area contributed by atoms with E-state index in [0.717, 1.165) is 0 Å². The van der Waals surface area contributed by atoms with Gasteiger partial charge in [-0.3, -0.25) is 4.79 Å². The molecular formula is C16H17Cl2N3O3S. The first-order valence-corrected chi connectivity index (χ1v) is 9.99. The smallest absolute Gasteiger partial charge is 0.244 e. The lowest BCUT2D eigenvalue weighted by atomic mass is 10.1. The molecule has 0 N–H and O–H groups in total. The number of alkyl halides is 2. The van der Waals surface area contributed by atoms with Crippen molar-refractivity contribution in [1.82, 2.24) is 9.21 Å². The molecule has 1 aromatic rings. The van der Waals surface area contributed by atoms with Crippen molar-refractivity contribution in [3.63, 3.8) is 0 Å². The van der Waals surface area contributed by atoms with Crippen LogP contribution < -0.4 is 0 Å². The van der Waals surface area contributed by atoms with Gasteiger partial charge >= 0.3 is 0 Å². The Morgan fingerprint density at radius 1 is 1.20 bits per heavy atom. The summed E-state index contributed by atoms with van der Waals surface area (Å²) in [5, 5.41) is 9.13. The third kappa shape index (κ3) is 3.02. The predicted octanol–water partition coefficient (Wildman–Crippen LogP) is 1.98. The largest absolute Gasteiger partial charge is 0.339 e. The normalized spacial score (nSPS) is 26.1. The molecule has 0 unspecified atom stereocenters. The summed E-state index contributed by atoms with van der Waals surface area (Å²) in [4.78, 5) is 14.2. The van der Waals surface area contributed by atoms with Gasteiger partial charge in [-0.05, 0) is 25.5 Å². The molecule has 0 spiro atoms. The average molecular weight is 402 g/mol. The highest BCUT2D eigenvalue weighted by Gasteiger charge is 2.68. The van der Waals surface area contributed by atoms with Gasteiger partial charge in [-0.1, -0.05) is 12.1 Å². The Hall–Kier alpha value is -1.33. The van der Waals surface area contributed by atoms with Crippen LogP contribution in [0.5, 0.6) is 0 Å². The van der Waals surface area contributed by atoms with Crippen LogP contribution in [0.2, 0.25) is 0 Å². The number of amides is 1. The third-order valence-corrected chi connectivity index (χ3v) is 7.94. The van der Waals surface area contributed by atoms with Crippen LogP contribution in [-0.2, 0) is 14.8 Å². The number of sulfonamides is 1. The zero-order valence-corrected chi connectivity index (χ0v) is 15.9. The van der Waals surface area contributed by atoms with Crippen molar-refractivity contribution in [1.29, 1.82) is 5.26 Å². The van der Waals surface area contributed by atoms with E-state index in [1.165, 1.54) is 16.4 Å². The second-order valence-corrected chi connectivity index (χ2v) is 9.91. The molecule has 6 nitrogen and oxygen atoms in total. The Kier molecular flexibility index (Phi) is 4.53. The van der Waals surface area contributed by atoms with Gasteiger partial charge in [0, 0.05) is 26.2 Å². The number of benzene rings is 1. The minimum atomic E-state index is -3.78. The van der Waals surface area contributed by atoms with Gasteiger partial charge in [0.15, 0.2) is 0 Å². The zero-order chi connectivity index (χ0) is 18.5. The molecule has 0 bridgehead atoms. The summed E-state index contributed by atoms with van der Waals surface area (Å²) in [6, 6.07) is 8.01. The van der Waals surface area contributed by atoms with Crippen molar-refractivity contribution in [3.05, 3.63) is 29.8 Å². The van der Waals surface area contributed by atoms with E-state index in [1.54, 1.807) is 24.0 Å². The predicted molar refractivity (Wildman–Crippen MR) is 93.7 cm³/mol. The maximum absolute atomic E-state index is 12.8. The fourth-order valence-corrected chi connectivity index (χ4v) is 5.30. The van der Waals surface area contributed by atoms with Crippen LogP contribution in [0.1, 0.15) is 18.9 Å². The van der Waals surface area contributed by atoms with Crippen LogP contribution in [0.15, 0.2) is 29.2 Å².